The summed E-state index contributed by atoms with van der Waals surface area (Å²) in [4.78, 5) is 0.260. The molecule has 0 heterocycles. The predicted molar refractivity (Wildman–Crippen MR) is 72.5 cm³/mol. The molecule has 4 nitrogen and oxygen atoms in total. The van der Waals surface area contributed by atoms with Gasteiger partial charge in [0.2, 0.25) is 10.0 Å². The lowest BCUT2D eigenvalue weighted by Gasteiger charge is -2.11. The van der Waals surface area contributed by atoms with Gasteiger partial charge in [-0.3, -0.25) is 4.21 Å². The van der Waals surface area contributed by atoms with E-state index in [-0.39, 0.29) is 4.90 Å². The molecule has 0 spiro atoms. The number of nitrogens with one attached hydrogen (secondary N) is 1. The van der Waals surface area contributed by atoms with Gasteiger partial charge in [0, 0.05) is 12.3 Å². The van der Waals surface area contributed by atoms with Crippen molar-refractivity contribution in [2.75, 3.05) is 24.8 Å². The molecule has 0 fully saturated rings. The highest BCUT2D eigenvalue weighted by molar-refractivity contribution is 8.01. The summed E-state index contributed by atoms with van der Waals surface area (Å²) in [5, 5.41) is 0. The molecular formula is C11H19NO3S2. The summed E-state index contributed by atoms with van der Waals surface area (Å²) in [5.41, 5.74) is 0. The zero-order valence-corrected chi connectivity index (χ0v) is 11.8. The largest absolute Gasteiger partial charge is 0.285 e. The second-order valence-corrected chi connectivity index (χ2v) is 9.72. The van der Waals surface area contributed by atoms with Crippen LogP contribution in [0.15, 0.2) is 35.2 Å². The van der Waals surface area contributed by atoms with Crippen molar-refractivity contribution in [2.45, 2.75) is 11.3 Å². The van der Waals surface area contributed by atoms with Crippen molar-refractivity contribution in [3.05, 3.63) is 30.3 Å². The molecule has 98 valence electrons. The van der Waals surface area contributed by atoms with Crippen LogP contribution in [0.25, 0.3) is 0 Å². The molecule has 1 rings (SSSR count). The minimum absolute atomic E-state index is 0.260. The SMILES string of the molecule is C[SH](C)(=O)CCCNS(=O)(=O)c1ccccc1. The molecule has 0 saturated heterocycles. The van der Waals surface area contributed by atoms with Crippen LogP contribution in [0.2, 0.25) is 0 Å². The smallest absolute Gasteiger partial charge is 0.240 e. The van der Waals surface area contributed by atoms with E-state index in [1.807, 2.05) is 0 Å². The van der Waals surface area contributed by atoms with Crippen LogP contribution in [-0.2, 0) is 20.0 Å². The van der Waals surface area contributed by atoms with Gasteiger partial charge < -0.3 is 0 Å². The standard InChI is InChI=1S/C11H19NO3S2/c1-16(2,13)10-6-9-12-17(14,15)11-7-4-3-5-8-11/h3-5,7-8,12,16H,6,9-10H2,1-2H3. The third-order valence-electron chi connectivity index (χ3n) is 2.22. The van der Waals surface area contributed by atoms with Crippen LogP contribution in [0.5, 0.6) is 0 Å². The Morgan fingerprint density at radius 3 is 2.29 bits per heavy atom. The van der Waals surface area contributed by atoms with Crippen molar-refractivity contribution in [3.8, 4) is 0 Å². The lowest BCUT2D eigenvalue weighted by atomic mass is 10.4. The topological polar surface area (TPSA) is 63.2 Å². The maximum absolute atomic E-state index is 11.8. The van der Waals surface area contributed by atoms with Crippen LogP contribution >= 0.6 is 0 Å². The second-order valence-electron chi connectivity index (χ2n) is 4.36. The first-order valence-corrected chi connectivity index (χ1v) is 9.67. The van der Waals surface area contributed by atoms with E-state index in [4.69, 9.17) is 0 Å². The van der Waals surface area contributed by atoms with Crippen LogP contribution in [0.1, 0.15) is 6.42 Å². The third-order valence-corrected chi connectivity index (χ3v) is 5.09. The molecule has 0 atom stereocenters. The summed E-state index contributed by atoms with van der Waals surface area (Å²) in [5.74, 6) is 0.560. The van der Waals surface area contributed by atoms with Gasteiger partial charge in [0.05, 0.1) is 4.90 Å². The van der Waals surface area contributed by atoms with Crippen LogP contribution in [-0.4, -0.2) is 37.4 Å². The maximum Gasteiger partial charge on any atom is 0.240 e. The number of rotatable bonds is 6. The summed E-state index contributed by atoms with van der Waals surface area (Å²) in [6, 6.07) is 8.23. The molecule has 0 radical (unpaired) electrons. The minimum Gasteiger partial charge on any atom is -0.285 e. The lowest BCUT2D eigenvalue weighted by molar-refractivity contribution is 0.580. The van der Waals surface area contributed by atoms with Crippen LogP contribution in [0.3, 0.4) is 0 Å². The minimum atomic E-state index is -3.42. The molecule has 0 saturated carbocycles. The maximum atomic E-state index is 11.8. The Morgan fingerprint density at radius 1 is 1.18 bits per heavy atom. The molecule has 0 aliphatic rings. The first kappa shape index (κ1) is 14.3. The van der Waals surface area contributed by atoms with Crippen molar-refractivity contribution >= 4 is 20.0 Å². The molecule has 1 N–H and O–H groups in total. The Bertz CT molecular complexity index is 491. The Labute approximate surface area is 104 Å². The molecule has 0 bridgehead atoms. The fourth-order valence-electron chi connectivity index (χ4n) is 1.35. The van der Waals surface area contributed by atoms with Crippen molar-refractivity contribution in [1.29, 1.82) is 0 Å². The molecule has 0 amide bonds. The first-order chi connectivity index (χ1) is 7.81. The van der Waals surface area contributed by atoms with Crippen molar-refractivity contribution in [2.24, 2.45) is 0 Å². The average molecular weight is 277 g/mol. The molecule has 17 heavy (non-hydrogen) atoms. The summed E-state index contributed by atoms with van der Waals surface area (Å²) in [7, 11) is -5.47. The zero-order chi connectivity index (χ0) is 12.9. The Balaban J connectivity index is 2.50. The van der Waals surface area contributed by atoms with Gasteiger partial charge >= 0.3 is 0 Å². The average Bonchev–Trinajstić information content (AvgIpc) is 2.25. The van der Waals surface area contributed by atoms with Gasteiger partial charge in [0.25, 0.3) is 0 Å². The predicted octanol–water partition coefficient (Wildman–Crippen LogP) is 0.631. The number of hydrogen-bond donors (Lipinski definition) is 2. The van der Waals surface area contributed by atoms with Gasteiger partial charge in [-0.15, -0.1) is 9.93 Å². The summed E-state index contributed by atoms with van der Waals surface area (Å²) in [6.07, 6.45) is 4.01. The van der Waals surface area contributed by atoms with E-state index in [1.54, 1.807) is 42.8 Å². The fraction of sp³-hybridized carbons (Fsp3) is 0.455. The lowest BCUT2D eigenvalue weighted by Crippen LogP contribution is -2.26. The molecule has 0 aliphatic heterocycles. The van der Waals surface area contributed by atoms with Crippen molar-refractivity contribution in [3.63, 3.8) is 0 Å². The summed E-state index contributed by atoms with van der Waals surface area (Å²) in [6.45, 7) is 0.322. The molecule has 0 aliphatic carbocycles. The van der Waals surface area contributed by atoms with E-state index in [9.17, 15) is 12.6 Å². The van der Waals surface area contributed by atoms with Gasteiger partial charge in [-0.05, 0) is 31.1 Å². The Kier molecular flexibility index (Phi) is 4.85. The Morgan fingerprint density at radius 2 is 1.76 bits per heavy atom. The van der Waals surface area contributed by atoms with Crippen LogP contribution in [0.4, 0.5) is 0 Å². The molecular weight excluding hydrogens is 258 g/mol. The van der Waals surface area contributed by atoms with Gasteiger partial charge in [0.1, 0.15) is 0 Å². The number of hydrogen-bond acceptors (Lipinski definition) is 3. The highest BCUT2D eigenvalue weighted by Crippen LogP contribution is 2.07. The first-order valence-electron chi connectivity index (χ1n) is 5.40. The molecule has 6 heteroatoms. The number of benzene rings is 1. The van der Waals surface area contributed by atoms with E-state index in [0.717, 1.165) is 0 Å². The quantitative estimate of drug-likeness (QED) is 0.592. The normalized spacial score (nSPS) is 13.5. The van der Waals surface area contributed by atoms with Crippen LogP contribution < -0.4 is 4.72 Å². The highest BCUT2D eigenvalue weighted by Gasteiger charge is 2.12. The fourth-order valence-corrected chi connectivity index (χ4v) is 3.36. The second kappa shape index (κ2) is 5.75. The zero-order valence-electron chi connectivity index (χ0n) is 10.1. The highest BCUT2D eigenvalue weighted by atomic mass is 32.2. The van der Waals surface area contributed by atoms with Crippen molar-refractivity contribution < 1.29 is 12.6 Å². The monoisotopic (exact) mass is 277 g/mol. The molecule has 0 unspecified atom stereocenters. The Hall–Kier alpha value is -0.720. The van der Waals surface area contributed by atoms with Crippen LogP contribution in [0, 0.1) is 0 Å². The third kappa shape index (κ3) is 5.43. The number of thiol groups is 1. The van der Waals surface area contributed by atoms with Gasteiger partial charge in [-0.1, -0.05) is 18.2 Å². The van der Waals surface area contributed by atoms with Crippen molar-refractivity contribution in [1.82, 2.24) is 4.72 Å². The summed E-state index contributed by atoms with van der Waals surface area (Å²) >= 11 is 0. The molecule has 0 aromatic heterocycles. The van der Waals surface area contributed by atoms with Gasteiger partial charge in [0.15, 0.2) is 0 Å². The van der Waals surface area contributed by atoms with E-state index < -0.39 is 20.0 Å². The van der Waals surface area contributed by atoms with E-state index >= 15 is 0 Å². The van der Waals surface area contributed by atoms with Gasteiger partial charge in [-0.25, -0.2) is 13.1 Å². The van der Waals surface area contributed by atoms with E-state index in [2.05, 4.69) is 4.72 Å². The van der Waals surface area contributed by atoms with Gasteiger partial charge in [-0.2, -0.15) is 0 Å². The number of sulfonamides is 1. The molecule has 1 aromatic rings. The van der Waals surface area contributed by atoms with E-state index in [1.165, 1.54) is 0 Å². The van der Waals surface area contributed by atoms with E-state index in [0.29, 0.717) is 18.7 Å². The summed E-state index contributed by atoms with van der Waals surface area (Å²) < 4.78 is 37.5. The molecule has 1 aromatic carbocycles.